The molecule has 9 nitrogen and oxygen atoms in total. The third-order valence-electron chi connectivity index (χ3n) is 6.58. The van der Waals surface area contributed by atoms with Crippen molar-refractivity contribution in [1.82, 2.24) is 9.69 Å². The van der Waals surface area contributed by atoms with Crippen molar-refractivity contribution in [2.45, 2.75) is 52.6 Å². The number of aryl methyl sites for hydroxylation is 2. The van der Waals surface area contributed by atoms with E-state index in [1.54, 1.807) is 0 Å². The number of aromatic nitrogens is 1. The number of carbonyl (C=O) groups is 3. The zero-order valence-electron chi connectivity index (χ0n) is 23.0. The molecule has 5 N–H and O–H groups in total. The van der Waals surface area contributed by atoms with Crippen molar-refractivity contribution in [2.75, 3.05) is 29.6 Å². The summed E-state index contributed by atoms with van der Waals surface area (Å²) in [6.07, 6.45) is 0.687. The number of hydrogen-bond donors (Lipinski definition) is 3. The van der Waals surface area contributed by atoms with Crippen LogP contribution in [0, 0.1) is 13.8 Å². The highest BCUT2D eigenvalue weighted by molar-refractivity contribution is 7.09. The minimum Gasteiger partial charge on any atom is -0.395 e. The molecule has 0 radical (unpaired) electrons. The molecule has 1 unspecified atom stereocenters. The maximum atomic E-state index is 14.3. The Hall–Kier alpha value is -3.92. The van der Waals surface area contributed by atoms with E-state index in [2.05, 4.69) is 9.69 Å². The topological polar surface area (TPSA) is 135 Å². The molecule has 1 aromatic heterocycles. The van der Waals surface area contributed by atoms with E-state index in [0.29, 0.717) is 17.7 Å². The van der Waals surface area contributed by atoms with Crippen molar-refractivity contribution in [3.63, 3.8) is 0 Å². The Morgan fingerprint density at radius 3 is 2.24 bits per heavy atom. The normalized spacial score (nSPS) is 12.1. The number of amides is 3. The van der Waals surface area contributed by atoms with Crippen molar-refractivity contribution in [1.29, 1.82) is 0 Å². The van der Waals surface area contributed by atoms with E-state index in [9.17, 15) is 14.4 Å². The molecule has 0 aliphatic heterocycles. The largest absolute Gasteiger partial charge is 0.395 e. The molecule has 10 heteroatoms. The Kier molecular flexibility index (Phi) is 8.46. The van der Waals surface area contributed by atoms with E-state index >= 15 is 0 Å². The molecule has 0 aliphatic carbocycles. The molecule has 1 atom stereocenters. The number of nitrogens with one attached hydrogen (secondary N) is 1. The summed E-state index contributed by atoms with van der Waals surface area (Å²) < 4.78 is 4.02. The van der Waals surface area contributed by atoms with Crippen LogP contribution in [-0.2, 0) is 4.79 Å². The molecular formula is C28H36N6O3S. The van der Waals surface area contributed by atoms with Gasteiger partial charge in [-0.15, -0.1) is 0 Å². The van der Waals surface area contributed by atoms with Gasteiger partial charge < -0.3 is 21.7 Å². The zero-order chi connectivity index (χ0) is 28.4. The standard InChI is InChI=1S/C28H36N6O3S/c1-8-28(4,5)31-26(36)23(18-11-13-19(14-12-18)33(6)7)34(20-15-16(2)9-10-17(20)3)27(37)24-21(29)22(25(30)35)32-38-24/h9-15,23H,8,29H2,1-7H3,(H2,30,35)(H,31,36). The number of nitrogens with zero attached hydrogens (tertiary/aromatic N) is 3. The number of benzene rings is 2. The van der Waals surface area contributed by atoms with E-state index in [4.69, 9.17) is 11.5 Å². The van der Waals surface area contributed by atoms with E-state index in [1.807, 2.05) is 96.1 Å². The van der Waals surface area contributed by atoms with Crippen LogP contribution in [0.4, 0.5) is 17.1 Å². The molecule has 3 amide bonds. The fourth-order valence-electron chi connectivity index (χ4n) is 3.95. The van der Waals surface area contributed by atoms with E-state index in [-0.39, 0.29) is 22.2 Å². The minimum absolute atomic E-state index is 0.0390. The summed E-state index contributed by atoms with van der Waals surface area (Å²) >= 11 is 0.789. The van der Waals surface area contributed by atoms with Gasteiger partial charge in [-0.3, -0.25) is 19.3 Å². The monoisotopic (exact) mass is 536 g/mol. The Balaban J connectivity index is 2.29. The molecule has 3 rings (SSSR count). The third-order valence-corrected chi connectivity index (χ3v) is 7.43. The molecule has 0 fully saturated rings. The van der Waals surface area contributed by atoms with Crippen LogP contribution >= 0.6 is 11.5 Å². The highest BCUT2D eigenvalue weighted by Crippen LogP contribution is 2.36. The Labute approximate surface area is 228 Å². The van der Waals surface area contributed by atoms with Gasteiger partial charge in [-0.1, -0.05) is 31.2 Å². The van der Waals surface area contributed by atoms with Gasteiger partial charge in [0.2, 0.25) is 5.91 Å². The summed E-state index contributed by atoms with van der Waals surface area (Å²) in [5, 5.41) is 3.11. The van der Waals surface area contributed by atoms with Crippen LogP contribution in [0.3, 0.4) is 0 Å². The quantitative estimate of drug-likeness (QED) is 0.375. The lowest BCUT2D eigenvalue weighted by molar-refractivity contribution is -0.124. The first-order chi connectivity index (χ1) is 17.8. The summed E-state index contributed by atoms with van der Waals surface area (Å²) in [6, 6.07) is 12.1. The first-order valence-electron chi connectivity index (χ1n) is 12.3. The van der Waals surface area contributed by atoms with Crippen LogP contribution in [0.1, 0.15) is 70.1 Å². The average Bonchev–Trinajstić information content (AvgIpc) is 3.25. The first-order valence-corrected chi connectivity index (χ1v) is 13.1. The average molecular weight is 537 g/mol. The lowest BCUT2D eigenvalue weighted by Gasteiger charge is -2.35. The van der Waals surface area contributed by atoms with Crippen molar-refractivity contribution >= 4 is 46.3 Å². The molecule has 2 aromatic carbocycles. The van der Waals surface area contributed by atoms with Crippen LogP contribution < -0.4 is 26.6 Å². The van der Waals surface area contributed by atoms with E-state index in [0.717, 1.165) is 28.3 Å². The predicted octanol–water partition coefficient (Wildman–Crippen LogP) is 4.20. The number of carbonyl (C=O) groups excluding carboxylic acids is 3. The molecule has 0 saturated carbocycles. The predicted molar refractivity (Wildman–Crippen MR) is 154 cm³/mol. The van der Waals surface area contributed by atoms with E-state index in [1.165, 1.54) is 4.90 Å². The SMILES string of the molecule is CCC(C)(C)NC(=O)C(c1ccc(N(C)C)cc1)N(C(=O)c1snc(C(N)=O)c1N)c1cc(C)ccc1C. The van der Waals surface area contributed by atoms with Crippen LogP contribution in [0.25, 0.3) is 0 Å². The minimum atomic E-state index is -1.04. The summed E-state index contributed by atoms with van der Waals surface area (Å²) in [5.41, 5.74) is 14.6. The number of primary amides is 1. The van der Waals surface area contributed by atoms with Gasteiger partial charge in [0.25, 0.3) is 11.8 Å². The Morgan fingerprint density at radius 1 is 1.08 bits per heavy atom. The van der Waals surface area contributed by atoms with Crippen molar-refractivity contribution < 1.29 is 14.4 Å². The second kappa shape index (κ2) is 11.2. The highest BCUT2D eigenvalue weighted by atomic mass is 32.1. The number of nitrogens with two attached hydrogens (primary N) is 2. The van der Waals surface area contributed by atoms with Crippen LogP contribution in [0.5, 0.6) is 0 Å². The van der Waals surface area contributed by atoms with Crippen LogP contribution in [0.15, 0.2) is 42.5 Å². The Morgan fingerprint density at radius 2 is 1.71 bits per heavy atom. The summed E-state index contributed by atoms with van der Waals surface area (Å²) in [4.78, 5) is 43.6. The molecule has 3 aromatic rings. The second-order valence-electron chi connectivity index (χ2n) is 10.2. The summed E-state index contributed by atoms with van der Waals surface area (Å²) in [7, 11) is 3.86. The van der Waals surface area contributed by atoms with E-state index < -0.39 is 23.4 Å². The van der Waals surface area contributed by atoms with Gasteiger partial charge in [-0.25, -0.2) is 0 Å². The second-order valence-corrected chi connectivity index (χ2v) is 11.0. The van der Waals surface area contributed by atoms with Crippen molar-refractivity contribution in [3.05, 3.63) is 69.7 Å². The summed E-state index contributed by atoms with van der Waals surface area (Å²) in [6.45, 7) is 9.64. The molecule has 0 bridgehead atoms. The fraction of sp³-hybridized carbons (Fsp3) is 0.357. The van der Waals surface area contributed by atoms with Gasteiger partial charge in [0.1, 0.15) is 10.9 Å². The van der Waals surface area contributed by atoms with Gasteiger partial charge >= 0.3 is 0 Å². The molecule has 0 aliphatic rings. The molecule has 38 heavy (non-hydrogen) atoms. The van der Waals surface area contributed by atoms with Crippen LogP contribution in [0.2, 0.25) is 0 Å². The number of nitrogen functional groups attached to an aromatic ring is 1. The fourth-order valence-corrected chi connectivity index (χ4v) is 4.69. The van der Waals surface area contributed by atoms with Crippen molar-refractivity contribution in [3.8, 4) is 0 Å². The molecule has 1 heterocycles. The lowest BCUT2D eigenvalue weighted by Crippen LogP contribution is -2.50. The third kappa shape index (κ3) is 5.96. The summed E-state index contributed by atoms with van der Waals surface area (Å²) in [5.74, 6) is -1.72. The molecular weight excluding hydrogens is 500 g/mol. The Bertz CT molecular complexity index is 1350. The molecule has 0 saturated heterocycles. The van der Waals surface area contributed by atoms with Crippen LogP contribution in [-0.4, -0.2) is 41.7 Å². The van der Waals surface area contributed by atoms with Gasteiger partial charge in [0, 0.05) is 31.0 Å². The first kappa shape index (κ1) is 28.6. The van der Waals surface area contributed by atoms with Crippen molar-refractivity contribution in [2.24, 2.45) is 5.73 Å². The maximum Gasteiger partial charge on any atom is 0.273 e. The van der Waals surface area contributed by atoms with Gasteiger partial charge in [-0.2, -0.15) is 4.37 Å². The lowest BCUT2D eigenvalue weighted by atomic mass is 9.97. The van der Waals surface area contributed by atoms with Gasteiger partial charge in [0.15, 0.2) is 5.69 Å². The van der Waals surface area contributed by atoms with Gasteiger partial charge in [0.05, 0.1) is 5.69 Å². The number of anilines is 3. The maximum absolute atomic E-state index is 14.3. The van der Waals surface area contributed by atoms with Gasteiger partial charge in [-0.05, 0) is 80.5 Å². The highest BCUT2D eigenvalue weighted by Gasteiger charge is 2.38. The number of hydrogen-bond acceptors (Lipinski definition) is 7. The smallest absolute Gasteiger partial charge is 0.273 e. The molecule has 202 valence electrons. The number of rotatable bonds is 9. The molecule has 0 spiro atoms. The zero-order valence-corrected chi connectivity index (χ0v) is 23.8.